The fourth-order valence-corrected chi connectivity index (χ4v) is 1.73. The number of ketones is 1. The molecule has 0 saturated heterocycles. The Balaban J connectivity index is 2.68. The number of Topliss-reactive ketones (excluding diaryl/α,β-unsaturated/α-hetero) is 1. The van der Waals surface area contributed by atoms with E-state index in [9.17, 15) is 4.79 Å². The lowest BCUT2D eigenvalue weighted by Crippen LogP contribution is -2.14. The molecule has 0 radical (unpaired) electrons. The number of carbonyl (C=O) groups excluding carboxylic acids is 1. The molecule has 2 aromatic heterocycles. The highest BCUT2D eigenvalue weighted by Gasteiger charge is 2.15. The van der Waals surface area contributed by atoms with E-state index in [-0.39, 0.29) is 12.3 Å². The van der Waals surface area contributed by atoms with Gasteiger partial charge in [-0.3, -0.25) is 9.20 Å². The van der Waals surface area contributed by atoms with Gasteiger partial charge in [-0.25, -0.2) is 9.97 Å². The summed E-state index contributed by atoms with van der Waals surface area (Å²) in [5.74, 6) is -0.194. The molecule has 0 saturated carbocycles. The van der Waals surface area contributed by atoms with Crippen LogP contribution in [0, 0.1) is 0 Å². The minimum atomic E-state index is -0.194. The highest BCUT2D eigenvalue weighted by molar-refractivity contribution is 9.10. The number of hydrogen-bond acceptors (Lipinski definition) is 4. The van der Waals surface area contributed by atoms with Crippen molar-refractivity contribution >= 4 is 27.4 Å². The van der Waals surface area contributed by atoms with Crippen LogP contribution in [0.15, 0.2) is 23.2 Å². The van der Waals surface area contributed by atoms with Gasteiger partial charge in [0.1, 0.15) is 22.3 Å². The van der Waals surface area contributed by atoms with Crippen molar-refractivity contribution in [3.63, 3.8) is 0 Å². The fraction of sp³-hybridized carbons (Fsp3) is 0.125. The van der Waals surface area contributed by atoms with Gasteiger partial charge in [-0.05, 0) is 22.0 Å². The van der Waals surface area contributed by atoms with E-state index >= 15 is 0 Å². The van der Waals surface area contributed by atoms with Crippen molar-refractivity contribution in [2.75, 3.05) is 6.54 Å². The second-order valence-corrected chi connectivity index (χ2v) is 3.44. The predicted molar refractivity (Wildman–Crippen MR) is 54.1 cm³/mol. The molecule has 2 aromatic rings. The van der Waals surface area contributed by atoms with Crippen LogP contribution in [0.1, 0.15) is 10.5 Å². The minimum Gasteiger partial charge on any atom is -0.324 e. The van der Waals surface area contributed by atoms with Gasteiger partial charge in [0.25, 0.3) is 0 Å². The Labute approximate surface area is 88.1 Å². The first kappa shape index (κ1) is 9.29. The molecule has 0 atom stereocenters. The van der Waals surface area contributed by atoms with Gasteiger partial charge in [-0.1, -0.05) is 0 Å². The highest BCUT2D eigenvalue weighted by atomic mass is 79.9. The summed E-state index contributed by atoms with van der Waals surface area (Å²) in [6.07, 6.45) is 3.20. The molecule has 0 unspecified atom stereocenters. The summed E-state index contributed by atoms with van der Waals surface area (Å²) in [5, 5.41) is 0. The smallest absolute Gasteiger partial charge is 0.197 e. The van der Waals surface area contributed by atoms with Crippen molar-refractivity contribution in [2.45, 2.75) is 0 Å². The van der Waals surface area contributed by atoms with Gasteiger partial charge in [0, 0.05) is 6.20 Å². The summed E-state index contributed by atoms with van der Waals surface area (Å²) in [5.41, 5.74) is 6.28. The number of nitrogens with two attached hydrogens (primary N) is 1. The number of aromatic nitrogens is 3. The molecule has 2 N–H and O–H groups in total. The van der Waals surface area contributed by atoms with Gasteiger partial charge in [0.2, 0.25) is 0 Å². The van der Waals surface area contributed by atoms with Crippen LogP contribution in [0.3, 0.4) is 0 Å². The third-order valence-electron chi connectivity index (χ3n) is 1.82. The van der Waals surface area contributed by atoms with Crippen LogP contribution in [-0.2, 0) is 0 Å². The Morgan fingerprint density at radius 2 is 2.43 bits per heavy atom. The van der Waals surface area contributed by atoms with Gasteiger partial charge < -0.3 is 5.73 Å². The molecule has 0 aliphatic rings. The maximum atomic E-state index is 11.4. The zero-order valence-corrected chi connectivity index (χ0v) is 8.73. The Morgan fingerprint density at radius 3 is 3.07 bits per heavy atom. The molecule has 0 bridgehead atoms. The lowest BCUT2D eigenvalue weighted by molar-refractivity contribution is 0.0996. The molecule has 2 heterocycles. The molecule has 0 fully saturated rings. The Bertz CT molecular complexity index is 493. The number of rotatable bonds is 2. The van der Waals surface area contributed by atoms with Crippen molar-refractivity contribution in [3.8, 4) is 0 Å². The average Bonchev–Trinajstić information content (AvgIpc) is 2.56. The van der Waals surface area contributed by atoms with Crippen LogP contribution >= 0.6 is 15.9 Å². The van der Waals surface area contributed by atoms with Crippen molar-refractivity contribution < 1.29 is 4.79 Å². The van der Waals surface area contributed by atoms with E-state index in [0.29, 0.717) is 15.9 Å². The van der Waals surface area contributed by atoms with Crippen molar-refractivity contribution in [1.29, 1.82) is 0 Å². The van der Waals surface area contributed by atoms with Gasteiger partial charge in [0.05, 0.1) is 6.54 Å². The van der Waals surface area contributed by atoms with Gasteiger partial charge in [-0.2, -0.15) is 0 Å². The van der Waals surface area contributed by atoms with Crippen molar-refractivity contribution in [3.05, 3.63) is 28.9 Å². The summed E-state index contributed by atoms with van der Waals surface area (Å²) >= 11 is 3.28. The largest absolute Gasteiger partial charge is 0.324 e. The first-order valence-electron chi connectivity index (χ1n) is 3.95. The van der Waals surface area contributed by atoms with Gasteiger partial charge in [-0.15, -0.1) is 0 Å². The molecule has 0 amide bonds. The summed E-state index contributed by atoms with van der Waals surface area (Å²) < 4.78 is 2.28. The molecule has 0 aromatic carbocycles. The maximum Gasteiger partial charge on any atom is 0.197 e. The molecule has 6 heteroatoms. The van der Waals surface area contributed by atoms with Crippen LogP contribution in [0.2, 0.25) is 0 Å². The number of carbonyl (C=O) groups is 1. The standard InChI is InChI=1S/C8H7BrN4O/c9-8-7(5(14)3-10)12-6-1-2-11-4-13(6)8/h1-2,4H,3,10H2. The van der Waals surface area contributed by atoms with E-state index in [1.165, 1.54) is 0 Å². The maximum absolute atomic E-state index is 11.4. The average molecular weight is 255 g/mol. The number of imidazole rings is 1. The van der Waals surface area contributed by atoms with Crippen LogP contribution in [0.5, 0.6) is 0 Å². The van der Waals surface area contributed by atoms with Crippen LogP contribution in [0.4, 0.5) is 0 Å². The summed E-state index contributed by atoms with van der Waals surface area (Å²) in [6.45, 7) is -0.0457. The third-order valence-corrected chi connectivity index (χ3v) is 2.58. The Hall–Kier alpha value is -1.27. The van der Waals surface area contributed by atoms with Crippen molar-refractivity contribution in [1.82, 2.24) is 14.4 Å². The van der Waals surface area contributed by atoms with Crippen molar-refractivity contribution in [2.24, 2.45) is 5.73 Å². The van der Waals surface area contributed by atoms with E-state index in [4.69, 9.17) is 5.73 Å². The quantitative estimate of drug-likeness (QED) is 0.799. The van der Waals surface area contributed by atoms with E-state index in [0.717, 1.165) is 0 Å². The zero-order valence-electron chi connectivity index (χ0n) is 7.14. The molecule has 0 aliphatic carbocycles. The predicted octanol–water partition coefficient (Wildman–Crippen LogP) is 0.633. The molecule has 0 aliphatic heterocycles. The number of fused-ring (bicyclic) bond motifs is 1. The third kappa shape index (κ3) is 1.32. The molecule has 72 valence electrons. The molecular formula is C8H7BrN4O. The van der Waals surface area contributed by atoms with Gasteiger partial charge >= 0.3 is 0 Å². The van der Waals surface area contributed by atoms with E-state index in [1.54, 1.807) is 23.0 Å². The van der Waals surface area contributed by atoms with Gasteiger partial charge in [0.15, 0.2) is 5.78 Å². The molecule has 5 nitrogen and oxygen atoms in total. The van der Waals surface area contributed by atoms with Crippen LogP contribution in [0.25, 0.3) is 5.65 Å². The van der Waals surface area contributed by atoms with E-state index in [1.807, 2.05) is 0 Å². The Morgan fingerprint density at radius 1 is 1.64 bits per heavy atom. The lowest BCUT2D eigenvalue weighted by Gasteiger charge is -1.92. The molecule has 14 heavy (non-hydrogen) atoms. The fourth-order valence-electron chi connectivity index (χ4n) is 1.15. The van der Waals surface area contributed by atoms with Crippen LogP contribution < -0.4 is 5.73 Å². The second kappa shape index (κ2) is 3.47. The monoisotopic (exact) mass is 254 g/mol. The summed E-state index contributed by atoms with van der Waals surface area (Å²) in [7, 11) is 0. The molecule has 2 rings (SSSR count). The zero-order chi connectivity index (χ0) is 10.1. The SMILES string of the molecule is NCC(=O)c1nc2ccncn2c1Br. The topological polar surface area (TPSA) is 73.3 Å². The van der Waals surface area contributed by atoms with E-state index in [2.05, 4.69) is 25.9 Å². The molecule has 0 spiro atoms. The number of nitrogens with zero attached hydrogens (tertiary/aromatic N) is 3. The minimum absolute atomic E-state index is 0.0457. The lowest BCUT2D eigenvalue weighted by atomic mass is 10.3. The first-order chi connectivity index (χ1) is 6.74. The number of halogens is 1. The normalized spacial score (nSPS) is 10.7. The Kier molecular flexibility index (Phi) is 2.30. The van der Waals surface area contributed by atoms with Crippen LogP contribution in [-0.4, -0.2) is 26.7 Å². The van der Waals surface area contributed by atoms with E-state index < -0.39 is 0 Å². The first-order valence-corrected chi connectivity index (χ1v) is 4.74. The molecular weight excluding hydrogens is 248 g/mol. The summed E-state index contributed by atoms with van der Waals surface area (Å²) in [6, 6.07) is 1.72. The highest BCUT2D eigenvalue weighted by Crippen LogP contribution is 2.18. The number of hydrogen-bond donors (Lipinski definition) is 1. The summed E-state index contributed by atoms with van der Waals surface area (Å²) in [4.78, 5) is 19.4. The second-order valence-electron chi connectivity index (χ2n) is 2.69.